The molecule has 5 N–H and O–H groups in total. The molecule has 0 saturated carbocycles. The highest BCUT2D eigenvalue weighted by molar-refractivity contribution is 7.80. The molecule has 1 saturated heterocycles. The normalized spacial score (nSPS) is 35.9. The summed E-state index contributed by atoms with van der Waals surface area (Å²) < 4.78 is 37.9. The second-order valence-electron chi connectivity index (χ2n) is 3.98. The largest absolute Gasteiger partial charge is 0.397 e. The van der Waals surface area contributed by atoms with Gasteiger partial charge >= 0.3 is 10.4 Å². The lowest BCUT2D eigenvalue weighted by Crippen LogP contribution is -2.64. The molecule has 1 amide bonds. The average molecular weight is 301 g/mol. The number of amides is 1. The number of nitrogens with one attached hydrogen (secondary N) is 1. The molecule has 0 bridgehead atoms. The van der Waals surface area contributed by atoms with Crippen molar-refractivity contribution in [1.82, 2.24) is 5.32 Å². The van der Waals surface area contributed by atoms with Crippen molar-refractivity contribution in [1.29, 1.82) is 0 Å². The standard InChI is InChI=1S/C8H15NO9S/c1-3(10)9-5-7(12)6(11)4(18-8(5)13)2-17-19(14,15)16/h4-8,11-13H,2H2,1H3,(H,9,10)(H,14,15,16)/t4-,5-,6+,7-,8+/m1/s1. The lowest BCUT2D eigenvalue weighted by Gasteiger charge is -2.40. The van der Waals surface area contributed by atoms with Gasteiger partial charge in [0.1, 0.15) is 24.4 Å². The Morgan fingerprint density at radius 2 is 1.89 bits per heavy atom. The monoisotopic (exact) mass is 301 g/mol. The SMILES string of the molecule is CC(=O)N[C@@H]1[C@@H](O)[C@@H](O)[C@@H](COS(=O)(=O)O)O[C@@H]1O. The molecule has 0 aromatic heterocycles. The zero-order chi connectivity index (χ0) is 14.8. The maximum absolute atomic E-state index is 10.8. The zero-order valence-corrected chi connectivity index (χ0v) is 10.6. The van der Waals surface area contributed by atoms with Gasteiger partial charge in [-0.2, -0.15) is 8.42 Å². The second kappa shape index (κ2) is 6.09. The van der Waals surface area contributed by atoms with E-state index in [4.69, 9.17) is 9.29 Å². The lowest BCUT2D eigenvalue weighted by molar-refractivity contribution is -0.252. The molecular weight excluding hydrogens is 286 g/mol. The van der Waals surface area contributed by atoms with E-state index in [1.165, 1.54) is 0 Å². The Bertz CT molecular complexity index is 424. The summed E-state index contributed by atoms with van der Waals surface area (Å²) in [5, 5.41) is 31.0. The van der Waals surface area contributed by atoms with Gasteiger partial charge in [-0.15, -0.1) is 0 Å². The van der Waals surface area contributed by atoms with Gasteiger partial charge in [0.2, 0.25) is 5.91 Å². The minimum Gasteiger partial charge on any atom is -0.388 e. The Morgan fingerprint density at radius 3 is 2.37 bits per heavy atom. The third kappa shape index (κ3) is 4.65. The number of aliphatic hydroxyl groups is 3. The van der Waals surface area contributed by atoms with Gasteiger partial charge in [0.05, 0.1) is 6.61 Å². The van der Waals surface area contributed by atoms with Crippen LogP contribution in [0, 0.1) is 0 Å². The molecule has 1 aliphatic rings. The topological polar surface area (TPSA) is 163 Å². The van der Waals surface area contributed by atoms with Crippen molar-refractivity contribution >= 4 is 16.3 Å². The van der Waals surface area contributed by atoms with Crippen LogP contribution >= 0.6 is 0 Å². The van der Waals surface area contributed by atoms with Crippen LogP contribution in [0.2, 0.25) is 0 Å². The molecule has 19 heavy (non-hydrogen) atoms. The van der Waals surface area contributed by atoms with E-state index in [-0.39, 0.29) is 0 Å². The molecule has 10 nitrogen and oxygen atoms in total. The minimum atomic E-state index is -4.74. The van der Waals surface area contributed by atoms with E-state index in [0.717, 1.165) is 6.92 Å². The summed E-state index contributed by atoms with van der Waals surface area (Å²) in [6.45, 7) is 0.334. The Balaban J connectivity index is 2.69. The quantitative estimate of drug-likeness (QED) is 0.335. The molecule has 0 aromatic rings. The number of carbonyl (C=O) groups is 1. The van der Waals surface area contributed by atoms with Crippen LogP contribution in [0.4, 0.5) is 0 Å². The van der Waals surface area contributed by atoms with Crippen LogP contribution in [-0.2, 0) is 24.1 Å². The van der Waals surface area contributed by atoms with Gasteiger partial charge in [-0.1, -0.05) is 0 Å². The highest BCUT2D eigenvalue weighted by atomic mass is 32.3. The predicted molar refractivity (Wildman–Crippen MR) is 58.0 cm³/mol. The molecular formula is C8H15NO9S. The average Bonchev–Trinajstić information content (AvgIpc) is 2.26. The molecule has 5 atom stereocenters. The molecule has 0 unspecified atom stereocenters. The fourth-order valence-corrected chi connectivity index (χ4v) is 1.93. The van der Waals surface area contributed by atoms with Crippen molar-refractivity contribution in [2.75, 3.05) is 6.61 Å². The van der Waals surface area contributed by atoms with Gasteiger partial charge < -0.3 is 25.4 Å². The first-order valence-electron chi connectivity index (χ1n) is 5.20. The van der Waals surface area contributed by atoms with Gasteiger partial charge in [-0.25, -0.2) is 4.18 Å². The summed E-state index contributed by atoms with van der Waals surface area (Å²) in [4.78, 5) is 10.8. The van der Waals surface area contributed by atoms with Gasteiger partial charge in [0.25, 0.3) is 0 Å². The van der Waals surface area contributed by atoms with E-state index in [2.05, 4.69) is 9.50 Å². The maximum Gasteiger partial charge on any atom is 0.397 e. The molecule has 0 aliphatic carbocycles. The van der Waals surface area contributed by atoms with Gasteiger partial charge in [-0.05, 0) is 0 Å². The van der Waals surface area contributed by atoms with Crippen LogP contribution in [0.5, 0.6) is 0 Å². The minimum absolute atomic E-state index is 0.563. The highest BCUT2D eigenvalue weighted by Gasteiger charge is 2.44. The van der Waals surface area contributed by atoms with Crippen LogP contribution in [0.15, 0.2) is 0 Å². The van der Waals surface area contributed by atoms with Crippen molar-refractivity contribution < 1.29 is 42.0 Å². The van der Waals surface area contributed by atoms with Crippen molar-refractivity contribution in [2.24, 2.45) is 0 Å². The molecule has 1 aliphatic heterocycles. The van der Waals surface area contributed by atoms with Crippen molar-refractivity contribution in [3.8, 4) is 0 Å². The zero-order valence-electron chi connectivity index (χ0n) is 9.83. The van der Waals surface area contributed by atoms with Gasteiger partial charge in [-0.3, -0.25) is 9.35 Å². The summed E-state index contributed by atoms with van der Waals surface area (Å²) in [6, 6.07) is -1.27. The third-order valence-electron chi connectivity index (χ3n) is 2.47. The van der Waals surface area contributed by atoms with Crippen LogP contribution < -0.4 is 5.32 Å². The highest BCUT2D eigenvalue weighted by Crippen LogP contribution is 2.20. The van der Waals surface area contributed by atoms with Crippen LogP contribution in [-0.4, -0.2) is 71.4 Å². The number of ether oxygens (including phenoxy) is 1. The van der Waals surface area contributed by atoms with Crippen molar-refractivity contribution in [3.05, 3.63) is 0 Å². The summed E-state index contributed by atoms with van der Waals surface area (Å²) in [6.07, 6.45) is -6.28. The second-order valence-corrected chi connectivity index (χ2v) is 5.08. The first-order chi connectivity index (χ1) is 8.61. The van der Waals surface area contributed by atoms with Crippen LogP contribution in [0.25, 0.3) is 0 Å². The van der Waals surface area contributed by atoms with E-state index in [1.54, 1.807) is 0 Å². The summed E-state index contributed by atoms with van der Waals surface area (Å²) >= 11 is 0. The Labute approximate surface area is 108 Å². The first kappa shape index (κ1) is 16.2. The number of hydrogen-bond donors (Lipinski definition) is 5. The van der Waals surface area contributed by atoms with Crippen molar-refractivity contribution in [2.45, 2.75) is 37.6 Å². The smallest absolute Gasteiger partial charge is 0.388 e. The van der Waals surface area contributed by atoms with Crippen LogP contribution in [0.3, 0.4) is 0 Å². The molecule has 1 rings (SSSR count). The predicted octanol–water partition coefficient (Wildman–Crippen LogP) is -3.25. The number of carbonyl (C=O) groups excluding carboxylic acids is 1. The molecule has 0 radical (unpaired) electrons. The van der Waals surface area contributed by atoms with Crippen LogP contribution in [0.1, 0.15) is 6.92 Å². The molecule has 1 fully saturated rings. The Kier molecular flexibility index (Phi) is 5.20. The molecule has 0 spiro atoms. The Morgan fingerprint density at radius 1 is 1.32 bits per heavy atom. The fourth-order valence-electron chi connectivity index (χ4n) is 1.63. The number of hydrogen-bond acceptors (Lipinski definition) is 8. The molecule has 11 heteroatoms. The van der Waals surface area contributed by atoms with E-state index in [1.807, 2.05) is 0 Å². The molecule has 112 valence electrons. The van der Waals surface area contributed by atoms with E-state index in [9.17, 15) is 28.5 Å². The number of rotatable bonds is 4. The number of aliphatic hydroxyl groups excluding tert-OH is 3. The molecule has 1 heterocycles. The van der Waals surface area contributed by atoms with Gasteiger partial charge in [0.15, 0.2) is 6.29 Å². The van der Waals surface area contributed by atoms with E-state index >= 15 is 0 Å². The summed E-state index contributed by atoms with van der Waals surface area (Å²) in [7, 11) is -4.74. The molecule has 0 aromatic carbocycles. The fraction of sp³-hybridized carbons (Fsp3) is 0.875. The van der Waals surface area contributed by atoms with E-state index in [0.29, 0.717) is 0 Å². The summed E-state index contributed by atoms with van der Waals surface area (Å²) in [5.41, 5.74) is 0. The van der Waals surface area contributed by atoms with Gasteiger partial charge in [0, 0.05) is 6.92 Å². The lowest BCUT2D eigenvalue weighted by atomic mass is 9.97. The van der Waals surface area contributed by atoms with E-state index < -0.39 is 53.6 Å². The summed E-state index contributed by atoms with van der Waals surface area (Å²) in [5.74, 6) is -0.563. The first-order valence-corrected chi connectivity index (χ1v) is 6.57. The third-order valence-corrected chi connectivity index (χ3v) is 2.91. The Hall–Kier alpha value is -0.820. The maximum atomic E-state index is 10.8. The van der Waals surface area contributed by atoms with Crippen molar-refractivity contribution in [3.63, 3.8) is 0 Å².